The zero-order valence-corrected chi connectivity index (χ0v) is 4.72. The lowest BCUT2D eigenvalue weighted by Crippen LogP contribution is -1.92. The van der Waals surface area contributed by atoms with Crippen molar-refractivity contribution in [3.8, 4) is 0 Å². The van der Waals surface area contributed by atoms with Gasteiger partial charge in [-0.05, 0) is 6.92 Å². The molecular formula is C6H11N. The van der Waals surface area contributed by atoms with Crippen LogP contribution in [0.1, 0.15) is 6.92 Å². The summed E-state index contributed by atoms with van der Waals surface area (Å²) in [7, 11) is 0. The summed E-state index contributed by atoms with van der Waals surface area (Å²) in [6, 6.07) is 0. The molecule has 1 heteroatoms. The van der Waals surface area contributed by atoms with Gasteiger partial charge in [0, 0.05) is 19.6 Å². The van der Waals surface area contributed by atoms with Crippen molar-refractivity contribution in [2.45, 2.75) is 6.92 Å². The van der Waals surface area contributed by atoms with Gasteiger partial charge in [0.15, 0.2) is 0 Å². The van der Waals surface area contributed by atoms with Gasteiger partial charge in [-0.15, -0.1) is 0 Å². The number of nitrogens with zero attached hydrogens (tertiary/aromatic N) is 1. The Morgan fingerprint density at radius 2 is 2.29 bits per heavy atom. The zero-order valence-electron chi connectivity index (χ0n) is 4.72. The van der Waals surface area contributed by atoms with Crippen LogP contribution in [0.2, 0.25) is 0 Å². The van der Waals surface area contributed by atoms with Gasteiger partial charge in [-0.25, -0.2) is 0 Å². The smallest absolute Gasteiger partial charge is 0.0164 e. The largest absolute Gasteiger partial charge is 0.297 e. The summed E-state index contributed by atoms with van der Waals surface area (Å²) in [4.78, 5) is 2.38. The molecule has 0 aromatic heterocycles. The molecule has 1 fully saturated rings. The van der Waals surface area contributed by atoms with Crippen molar-refractivity contribution >= 4 is 0 Å². The van der Waals surface area contributed by atoms with Crippen LogP contribution in [0.25, 0.3) is 0 Å². The molecule has 0 amide bonds. The summed E-state index contributed by atoms with van der Waals surface area (Å²) in [5.74, 6) is 0. The van der Waals surface area contributed by atoms with E-state index in [1.165, 1.54) is 13.1 Å². The van der Waals surface area contributed by atoms with Crippen molar-refractivity contribution in [2.75, 3.05) is 19.6 Å². The molecule has 1 aliphatic rings. The Labute approximate surface area is 44.6 Å². The average Bonchev–Trinajstić information content (AvgIpc) is 2.42. The molecule has 0 spiro atoms. The lowest BCUT2D eigenvalue weighted by atomic mass is 10.5. The first-order chi connectivity index (χ1) is 3.43. The standard InChI is InChI=1S/C6H11N/c1-2-3-4-7-5-6-7/h2-3H,4-6H2,1H3/b3-2+. The van der Waals surface area contributed by atoms with Crippen LogP contribution in [-0.2, 0) is 0 Å². The molecule has 0 aromatic carbocycles. The van der Waals surface area contributed by atoms with E-state index in [0.29, 0.717) is 0 Å². The van der Waals surface area contributed by atoms with Gasteiger partial charge >= 0.3 is 0 Å². The maximum Gasteiger partial charge on any atom is 0.0164 e. The van der Waals surface area contributed by atoms with Gasteiger partial charge in [-0.2, -0.15) is 0 Å². The molecule has 0 atom stereocenters. The SMILES string of the molecule is C/C=C/CN1CC1. The van der Waals surface area contributed by atoms with Gasteiger partial charge in [0.25, 0.3) is 0 Å². The number of allylic oxidation sites excluding steroid dienone is 1. The summed E-state index contributed by atoms with van der Waals surface area (Å²) < 4.78 is 0. The Hall–Kier alpha value is -0.300. The van der Waals surface area contributed by atoms with E-state index in [1.54, 1.807) is 0 Å². The van der Waals surface area contributed by atoms with Crippen LogP contribution in [0, 0.1) is 0 Å². The average molecular weight is 97.2 g/mol. The number of rotatable bonds is 2. The Morgan fingerprint density at radius 1 is 1.57 bits per heavy atom. The van der Waals surface area contributed by atoms with Gasteiger partial charge in [0.2, 0.25) is 0 Å². The van der Waals surface area contributed by atoms with E-state index in [4.69, 9.17) is 0 Å². The van der Waals surface area contributed by atoms with Crippen LogP contribution in [0.4, 0.5) is 0 Å². The summed E-state index contributed by atoms with van der Waals surface area (Å²) in [5.41, 5.74) is 0. The molecule has 7 heavy (non-hydrogen) atoms. The predicted molar refractivity (Wildman–Crippen MR) is 31.3 cm³/mol. The van der Waals surface area contributed by atoms with Crippen LogP contribution in [-0.4, -0.2) is 24.5 Å². The first kappa shape index (κ1) is 4.85. The van der Waals surface area contributed by atoms with Crippen LogP contribution < -0.4 is 0 Å². The van der Waals surface area contributed by atoms with Gasteiger partial charge in [0.1, 0.15) is 0 Å². The minimum Gasteiger partial charge on any atom is -0.297 e. The van der Waals surface area contributed by atoms with E-state index in [1.807, 2.05) is 0 Å². The van der Waals surface area contributed by atoms with Gasteiger partial charge in [-0.1, -0.05) is 12.2 Å². The molecule has 0 saturated carbocycles. The van der Waals surface area contributed by atoms with E-state index in [2.05, 4.69) is 24.0 Å². The highest BCUT2D eigenvalue weighted by Gasteiger charge is 2.13. The fourth-order valence-electron chi connectivity index (χ4n) is 0.508. The van der Waals surface area contributed by atoms with Crippen molar-refractivity contribution < 1.29 is 0 Å². The molecule has 40 valence electrons. The molecular weight excluding hydrogens is 86.1 g/mol. The van der Waals surface area contributed by atoms with Crippen molar-refractivity contribution in [3.63, 3.8) is 0 Å². The molecule has 0 radical (unpaired) electrons. The van der Waals surface area contributed by atoms with Crippen LogP contribution >= 0.6 is 0 Å². The normalized spacial score (nSPS) is 21.3. The van der Waals surface area contributed by atoms with Crippen molar-refractivity contribution in [2.24, 2.45) is 0 Å². The third-order valence-corrected chi connectivity index (χ3v) is 1.14. The van der Waals surface area contributed by atoms with E-state index in [9.17, 15) is 0 Å². The van der Waals surface area contributed by atoms with Gasteiger partial charge < -0.3 is 0 Å². The van der Waals surface area contributed by atoms with E-state index in [0.717, 1.165) is 6.54 Å². The molecule has 0 aromatic rings. The summed E-state index contributed by atoms with van der Waals surface area (Å²) in [6.07, 6.45) is 4.28. The molecule has 0 unspecified atom stereocenters. The van der Waals surface area contributed by atoms with Crippen LogP contribution in [0.3, 0.4) is 0 Å². The molecule has 1 heterocycles. The summed E-state index contributed by atoms with van der Waals surface area (Å²) in [6.45, 7) is 5.84. The topological polar surface area (TPSA) is 3.01 Å². The fraction of sp³-hybridized carbons (Fsp3) is 0.667. The molecule has 0 bridgehead atoms. The summed E-state index contributed by atoms with van der Waals surface area (Å²) in [5, 5.41) is 0. The van der Waals surface area contributed by atoms with Gasteiger partial charge in [-0.3, -0.25) is 4.90 Å². The predicted octanol–water partition coefficient (Wildman–Crippen LogP) is 0.878. The Bertz CT molecular complexity index is 72.2. The zero-order chi connectivity index (χ0) is 5.11. The quantitative estimate of drug-likeness (QED) is 0.365. The van der Waals surface area contributed by atoms with E-state index < -0.39 is 0 Å². The van der Waals surface area contributed by atoms with Crippen molar-refractivity contribution in [1.82, 2.24) is 4.90 Å². The first-order valence-electron chi connectivity index (χ1n) is 2.77. The second kappa shape index (κ2) is 2.12. The lowest BCUT2D eigenvalue weighted by Gasteiger charge is -1.86. The molecule has 1 nitrogen and oxygen atoms in total. The molecule has 1 aliphatic heterocycles. The van der Waals surface area contributed by atoms with Crippen LogP contribution in [0.5, 0.6) is 0 Å². The maximum atomic E-state index is 2.38. The first-order valence-corrected chi connectivity index (χ1v) is 2.77. The van der Waals surface area contributed by atoms with Crippen molar-refractivity contribution in [3.05, 3.63) is 12.2 Å². The minimum absolute atomic E-state index is 1.16. The second-order valence-corrected chi connectivity index (χ2v) is 1.87. The number of hydrogen-bond donors (Lipinski definition) is 0. The van der Waals surface area contributed by atoms with E-state index in [-0.39, 0.29) is 0 Å². The van der Waals surface area contributed by atoms with Crippen molar-refractivity contribution in [1.29, 1.82) is 0 Å². The Morgan fingerprint density at radius 3 is 2.71 bits per heavy atom. The highest BCUT2D eigenvalue weighted by atomic mass is 15.2. The fourth-order valence-corrected chi connectivity index (χ4v) is 0.508. The second-order valence-electron chi connectivity index (χ2n) is 1.87. The Kier molecular flexibility index (Phi) is 1.47. The number of hydrogen-bond acceptors (Lipinski definition) is 1. The summed E-state index contributed by atoms with van der Waals surface area (Å²) >= 11 is 0. The highest BCUT2D eigenvalue weighted by Crippen LogP contribution is 2.00. The highest BCUT2D eigenvalue weighted by molar-refractivity contribution is 4.86. The third-order valence-electron chi connectivity index (χ3n) is 1.14. The third kappa shape index (κ3) is 1.74. The maximum absolute atomic E-state index is 2.38. The van der Waals surface area contributed by atoms with Gasteiger partial charge in [0.05, 0.1) is 0 Å². The van der Waals surface area contributed by atoms with E-state index >= 15 is 0 Å². The minimum atomic E-state index is 1.16. The molecule has 1 saturated heterocycles. The lowest BCUT2D eigenvalue weighted by molar-refractivity contribution is 0.628. The monoisotopic (exact) mass is 97.1 g/mol. The molecule has 0 aliphatic carbocycles. The Balaban J connectivity index is 1.98. The molecule has 1 rings (SSSR count). The molecule has 0 N–H and O–H groups in total. The van der Waals surface area contributed by atoms with Crippen LogP contribution in [0.15, 0.2) is 12.2 Å².